The van der Waals surface area contributed by atoms with E-state index in [4.69, 9.17) is 27.9 Å². The molecule has 5 heteroatoms. The molecule has 0 N–H and O–H groups in total. The molecule has 0 aliphatic rings. The number of aromatic nitrogens is 2. The molecule has 0 saturated carbocycles. The smallest absolute Gasteiger partial charge is 0.156 e. The lowest BCUT2D eigenvalue weighted by Gasteiger charge is -2.06. The fourth-order valence-corrected chi connectivity index (χ4v) is 1.94. The first-order chi connectivity index (χ1) is 8.60. The number of rotatable bonds is 3. The molecule has 18 heavy (non-hydrogen) atoms. The Bertz CT molecular complexity index is 573. The first kappa shape index (κ1) is 13.3. The molecule has 0 radical (unpaired) electrons. The number of methoxy groups -OCH3 is 1. The van der Waals surface area contributed by atoms with E-state index < -0.39 is 0 Å². The molecule has 0 atom stereocenters. The molecule has 1 aromatic carbocycles. The fraction of sp³-hybridized carbons (Fsp3) is 0.231. The van der Waals surface area contributed by atoms with Crippen LogP contribution < -0.4 is 0 Å². The van der Waals surface area contributed by atoms with Crippen LogP contribution in [0.25, 0.3) is 11.3 Å². The number of nitrogens with zero attached hydrogens (tertiary/aromatic N) is 2. The maximum Gasteiger partial charge on any atom is 0.156 e. The highest BCUT2D eigenvalue weighted by atomic mass is 35.5. The van der Waals surface area contributed by atoms with E-state index in [0.717, 1.165) is 16.8 Å². The summed E-state index contributed by atoms with van der Waals surface area (Å²) in [5, 5.41) is 1.10. The van der Waals surface area contributed by atoms with Gasteiger partial charge in [-0.1, -0.05) is 35.3 Å². The first-order valence-electron chi connectivity index (χ1n) is 5.39. The van der Waals surface area contributed by atoms with Gasteiger partial charge in [0, 0.05) is 23.8 Å². The molecule has 0 amide bonds. The third-order valence-corrected chi connectivity index (χ3v) is 3.08. The van der Waals surface area contributed by atoms with Crippen LogP contribution in [0.4, 0.5) is 0 Å². The van der Waals surface area contributed by atoms with E-state index in [-0.39, 0.29) is 0 Å². The molecule has 0 aliphatic carbocycles. The predicted molar refractivity (Wildman–Crippen MR) is 72.9 cm³/mol. The Balaban J connectivity index is 2.46. The second-order valence-corrected chi connectivity index (χ2v) is 4.68. The monoisotopic (exact) mass is 282 g/mol. The van der Waals surface area contributed by atoms with Gasteiger partial charge < -0.3 is 4.74 Å². The van der Waals surface area contributed by atoms with E-state index in [1.165, 1.54) is 0 Å². The van der Waals surface area contributed by atoms with Crippen molar-refractivity contribution < 1.29 is 4.74 Å². The summed E-state index contributed by atoms with van der Waals surface area (Å²) >= 11 is 12.1. The van der Waals surface area contributed by atoms with Crippen molar-refractivity contribution in [1.82, 2.24) is 9.97 Å². The quantitative estimate of drug-likeness (QED) is 0.801. The number of hydrogen-bond acceptors (Lipinski definition) is 3. The molecule has 0 fully saturated rings. The van der Waals surface area contributed by atoms with E-state index in [1.54, 1.807) is 13.2 Å². The van der Waals surface area contributed by atoms with Gasteiger partial charge in [-0.3, -0.25) is 0 Å². The van der Waals surface area contributed by atoms with E-state index in [1.807, 2.05) is 25.1 Å². The van der Waals surface area contributed by atoms with Crippen molar-refractivity contribution in [1.29, 1.82) is 0 Å². The van der Waals surface area contributed by atoms with Crippen LogP contribution in [0.3, 0.4) is 0 Å². The molecule has 2 rings (SSSR count). The van der Waals surface area contributed by atoms with Crippen LogP contribution in [0.2, 0.25) is 10.2 Å². The molecule has 0 bridgehead atoms. The molecule has 1 heterocycles. The summed E-state index contributed by atoms with van der Waals surface area (Å²) in [6.07, 6.45) is 0. The molecular formula is C13H12Cl2N2O. The third kappa shape index (κ3) is 2.99. The second kappa shape index (κ2) is 5.65. The zero-order valence-electron chi connectivity index (χ0n) is 10.1. The Morgan fingerprint density at radius 3 is 2.61 bits per heavy atom. The van der Waals surface area contributed by atoms with Crippen molar-refractivity contribution in [3.8, 4) is 11.3 Å². The molecule has 2 aromatic rings. The van der Waals surface area contributed by atoms with Gasteiger partial charge >= 0.3 is 0 Å². The Morgan fingerprint density at radius 1 is 1.17 bits per heavy atom. The largest absolute Gasteiger partial charge is 0.377 e. The van der Waals surface area contributed by atoms with Gasteiger partial charge in [0.1, 0.15) is 11.8 Å². The standard InChI is InChI=1S/C13H12Cl2N2O/c1-8-3-4-9(5-10(8)14)11-6-12(15)17-13(16-11)7-18-2/h3-6H,7H2,1-2H3. The van der Waals surface area contributed by atoms with Crippen LogP contribution >= 0.6 is 23.2 Å². The molecular weight excluding hydrogens is 271 g/mol. The molecule has 0 unspecified atom stereocenters. The Kier molecular flexibility index (Phi) is 4.17. The number of halogens is 2. The summed E-state index contributed by atoms with van der Waals surface area (Å²) in [5.74, 6) is 0.552. The zero-order valence-corrected chi connectivity index (χ0v) is 11.6. The fourth-order valence-electron chi connectivity index (χ4n) is 1.56. The lowest BCUT2D eigenvalue weighted by molar-refractivity contribution is 0.178. The van der Waals surface area contributed by atoms with Crippen molar-refractivity contribution in [2.75, 3.05) is 7.11 Å². The van der Waals surface area contributed by atoms with Gasteiger partial charge in [0.2, 0.25) is 0 Å². The normalized spacial score (nSPS) is 10.7. The van der Waals surface area contributed by atoms with Crippen molar-refractivity contribution in [2.24, 2.45) is 0 Å². The molecule has 94 valence electrons. The van der Waals surface area contributed by atoms with Crippen LogP contribution in [-0.4, -0.2) is 17.1 Å². The summed E-state index contributed by atoms with van der Waals surface area (Å²) in [7, 11) is 1.59. The number of benzene rings is 1. The minimum absolute atomic E-state index is 0.327. The molecule has 0 spiro atoms. The van der Waals surface area contributed by atoms with Crippen molar-refractivity contribution >= 4 is 23.2 Å². The highest BCUT2D eigenvalue weighted by molar-refractivity contribution is 6.31. The molecule has 1 aromatic heterocycles. The first-order valence-corrected chi connectivity index (χ1v) is 6.14. The van der Waals surface area contributed by atoms with Crippen LogP contribution in [-0.2, 0) is 11.3 Å². The van der Waals surface area contributed by atoms with E-state index in [2.05, 4.69) is 9.97 Å². The molecule has 3 nitrogen and oxygen atoms in total. The minimum Gasteiger partial charge on any atom is -0.377 e. The van der Waals surface area contributed by atoms with Gasteiger partial charge in [-0.15, -0.1) is 0 Å². The lowest BCUT2D eigenvalue weighted by atomic mass is 10.1. The summed E-state index contributed by atoms with van der Waals surface area (Å²) in [6, 6.07) is 7.48. The highest BCUT2D eigenvalue weighted by Crippen LogP contribution is 2.25. The average Bonchev–Trinajstić information content (AvgIpc) is 2.32. The van der Waals surface area contributed by atoms with Crippen LogP contribution in [0, 0.1) is 6.92 Å². The summed E-state index contributed by atoms with van der Waals surface area (Å²) in [4.78, 5) is 8.47. The van der Waals surface area contributed by atoms with Gasteiger partial charge in [0.25, 0.3) is 0 Å². The summed E-state index contributed by atoms with van der Waals surface area (Å²) in [5.41, 5.74) is 2.67. The molecule has 0 saturated heterocycles. The van der Waals surface area contributed by atoms with Crippen molar-refractivity contribution in [3.63, 3.8) is 0 Å². The van der Waals surface area contributed by atoms with Crippen LogP contribution in [0.15, 0.2) is 24.3 Å². The topological polar surface area (TPSA) is 35.0 Å². The van der Waals surface area contributed by atoms with Gasteiger partial charge in [0.05, 0.1) is 5.69 Å². The second-order valence-electron chi connectivity index (χ2n) is 3.89. The summed E-state index contributed by atoms with van der Waals surface area (Å²) in [6.45, 7) is 2.28. The maximum absolute atomic E-state index is 6.10. The Morgan fingerprint density at radius 2 is 1.94 bits per heavy atom. The zero-order chi connectivity index (χ0) is 13.1. The Labute approximate surface area is 116 Å². The van der Waals surface area contributed by atoms with Gasteiger partial charge in [-0.25, -0.2) is 9.97 Å². The van der Waals surface area contributed by atoms with Gasteiger partial charge in [-0.05, 0) is 18.6 Å². The van der Waals surface area contributed by atoms with E-state index in [9.17, 15) is 0 Å². The lowest BCUT2D eigenvalue weighted by Crippen LogP contribution is -1.98. The third-order valence-electron chi connectivity index (χ3n) is 2.48. The SMILES string of the molecule is COCc1nc(Cl)cc(-c2ccc(C)c(Cl)c2)n1. The average molecular weight is 283 g/mol. The van der Waals surface area contributed by atoms with Crippen molar-refractivity contribution in [2.45, 2.75) is 13.5 Å². The van der Waals surface area contributed by atoms with Gasteiger partial charge in [-0.2, -0.15) is 0 Å². The van der Waals surface area contributed by atoms with E-state index >= 15 is 0 Å². The molecule has 0 aliphatic heterocycles. The van der Waals surface area contributed by atoms with Crippen LogP contribution in [0.5, 0.6) is 0 Å². The number of ether oxygens (including phenoxy) is 1. The van der Waals surface area contributed by atoms with E-state index in [0.29, 0.717) is 22.6 Å². The van der Waals surface area contributed by atoms with Gasteiger partial charge in [0.15, 0.2) is 5.82 Å². The number of hydrogen-bond donors (Lipinski definition) is 0. The minimum atomic E-state index is 0.327. The highest BCUT2D eigenvalue weighted by Gasteiger charge is 2.07. The summed E-state index contributed by atoms with van der Waals surface area (Å²) < 4.78 is 5.01. The Hall–Kier alpha value is -1.16. The van der Waals surface area contributed by atoms with Crippen molar-refractivity contribution in [3.05, 3.63) is 45.8 Å². The predicted octanol–water partition coefficient (Wildman–Crippen LogP) is 3.91. The van der Waals surface area contributed by atoms with Crippen LogP contribution in [0.1, 0.15) is 11.4 Å². The number of aryl methyl sites for hydroxylation is 1. The maximum atomic E-state index is 6.10.